The van der Waals surface area contributed by atoms with Crippen LogP contribution in [0.1, 0.15) is 65.3 Å². The van der Waals surface area contributed by atoms with Gasteiger partial charge in [-0.3, -0.25) is 9.59 Å². The van der Waals surface area contributed by atoms with Gasteiger partial charge in [-0.05, 0) is 63.4 Å². The minimum atomic E-state index is -0.881. The van der Waals surface area contributed by atoms with Crippen LogP contribution in [0.25, 0.3) is 11.0 Å². The van der Waals surface area contributed by atoms with Crippen molar-refractivity contribution in [1.82, 2.24) is 14.5 Å². The Morgan fingerprint density at radius 3 is 2.61 bits per heavy atom. The molecule has 0 radical (unpaired) electrons. The summed E-state index contributed by atoms with van der Waals surface area (Å²) in [5.41, 5.74) is 5.89. The third kappa shape index (κ3) is 7.48. The molecule has 0 amide bonds. The largest absolute Gasteiger partial charge is 0.481 e. The lowest BCUT2D eigenvalue weighted by Gasteiger charge is -2.11. The predicted molar refractivity (Wildman–Crippen MR) is 142 cm³/mol. The van der Waals surface area contributed by atoms with Gasteiger partial charge in [0, 0.05) is 55.9 Å². The average molecular weight is 494 g/mol. The van der Waals surface area contributed by atoms with E-state index in [9.17, 15) is 9.59 Å². The summed E-state index contributed by atoms with van der Waals surface area (Å²) in [6.07, 6.45) is 4.55. The maximum absolute atomic E-state index is 13.5. The number of ether oxygens (including phenoxy) is 1. The number of unbranched alkanes of at least 4 members (excludes halogenated alkanes) is 1. The highest BCUT2D eigenvalue weighted by Gasteiger charge is 2.24. The first-order chi connectivity index (χ1) is 17.2. The number of ketones is 1. The minimum Gasteiger partial charge on any atom is -0.481 e. The number of benzene rings is 1. The SMILES string of the molecule is Cc1cccc(COCCCCc2c(C(=O)C[C@H](C)CC(=O)O)c3cc(CN(C)C)cnc3n2C)c1. The Labute approximate surface area is 214 Å². The van der Waals surface area contributed by atoms with E-state index in [-0.39, 0.29) is 24.5 Å². The number of pyridine rings is 1. The Balaban J connectivity index is 1.75. The second-order valence-electron chi connectivity index (χ2n) is 10.2. The van der Waals surface area contributed by atoms with Crippen LogP contribution in [0.4, 0.5) is 0 Å². The van der Waals surface area contributed by atoms with Gasteiger partial charge >= 0.3 is 5.97 Å². The maximum atomic E-state index is 13.5. The van der Waals surface area contributed by atoms with Crippen LogP contribution in [0.15, 0.2) is 36.5 Å². The number of aryl methyl sites for hydroxylation is 2. The highest BCUT2D eigenvalue weighted by molar-refractivity contribution is 6.09. The molecule has 1 atom stereocenters. The summed E-state index contributed by atoms with van der Waals surface area (Å²) in [6.45, 7) is 5.88. The predicted octanol–water partition coefficient (Wildman–Crippen LogP) is 5.17. The van der Waals surface area contributed by atoms with Gasteiger partial charge in [0.25, 0.3) is 0 Å². The van der Waals surface area contributed by atoms with E-state index in [1.54, 1.807) is 0 Å². The first-order valence-corrected chi connectivity index (χ1v) is 12.6. The zero-order valence-electron chi connectivity index (χ0n) is 22.2. The molecule has 0 fully saturated rings. The normalized spacial score (nSPS) is 12.4. The third-order valence-electron chi connectivity index (χ3n) is 6.34. The summed E-state index contributed by atoms with van der Waals surface area (Å²) in [5.74, 6) is -1.12. The molecule has 7 heteroatoms. The molecule has 2 heterocycles. The molecule has 0 aliphatic carbocycles. The molecule has 2 aromatic heterocycles. The van der Waals surface area contributed by atoms with Crippen molar-refractivity contribution < 1.29 is 19.4 Å². The number of fused-ring (bicyclic) bond motifs is 1. The van der Waals surface area contributed by atoms with E-state index in [2.05, 4.69) is 41.1 Å². The molecule has 0 aliphatic rings. The molecule has 3 rings (SSSR count). The monoisotopic (exact) mass is 493 g/mol. The lowest BCUT2D eigenvalue weighted by atomic mass is 9.94. The number of carbonyl (C=O) groups is 2. The van der Waals surface area contributed by atoms with Crippen molar-refractivity contribution in [2.45, 2.75) is 59.1 Å². The zero-order chi connectivity index (χ0) is 26.2. The summed E-state index contributed by atoms with van der Waals surface area (Å²) in [6, 6.07) is 10.4. The molecular formula is C29H39N3O4. The molecule has 0 aliphatic heterocycles. The van der Waals surface area contributed by atoms with E-state index in [0.717, 1.165) is 48.1 Å². The summed E-state index contributed by atoms with van der Waals surface area (Å²) in [5, 5.41) is 10.0. The second-order valence-corrected chi connectivity index (χ2v) is 10.2. The Kier molecular flexibility index (Phi) is 9.79. The van der Waals surface area contributed by atoms with Gasteiger partial charge in [-0.25, -0.2) is 4.98 Å². The van der Waals surface area contributed by atoms with Crippen molar-refractivity contribution in [2.24, 2.45) is 13.0 Å². The molecular weight excluding hydrogens is 454 g/mol. The molecule has 36 heavy (non-hydrogen) atoms. The Morgan fingerprint density at radius 1 is 1.14 bits per heavy atom. The molecule has 1 N–H and O–H groups in total. The van der Waals surface area contributed by atoms with Crippen molar-refractivity contribution in [3.05, 3.63) is 64.5 Å². The minimum absolute atomic E-state index is 0.0103. The highest BCUT2D eigenvalue weighted by atomic mass is 16.5. The summed E-state index contributed by atoms with van der Waals surface area (Å²) in [7, 11) is 5.96. The Morgan fingerprint density at radius 2 is 1.92 bits per heavy atom. The number of Topliss-reactive ketones (excluding diaryl/α,β-unsaturated/α-hetero) is 1. The fourth-order valence-electron chi connectivity index (χ4n) is 4.74. The zero-order valence-corrected chi connectivity index (χ0v) is 22.2. The van der Waals surface area contributed by atoms with Crippen molar-refractivity contribution in [3.8, 4) is 0 Å². The Hall–Kier alpha value is -3.03. The first kappa shape index (κ1) is 27.6. The Bertz CT molecular complexity index is 1200. The lowest BCUT2D eigenvalue weighted by Crippen LogP contribution is -2.13. The molecule has 3 aromatic rings. The molecule has 0 bridgehead atoms. The van der Waals surface area contributed by atoms with Gasteiger partial charge in [0.15, 0.2) is 5.78 Å². The quantitative estimate of drug-likeness (QED) is 0.246. The van der Waals surface area contributed by atoms with Crippen LogP contribution >= 0.6 is 0 Å². The first-order valence-electron chi connectivity index (χ1n) is 12.6. The number of rotatable bonds is 14. The van der Waals surface area contributed by atoms with Gasteiger partial charge < -0.3 is 19.3 Å². The van der Waals surface area contributed by atoms with Gasteiger partial charge in [0.05, 0.1) is 6.61 Å². The molecule has 0 saturated heterocycles. The van der Waals surface area contributed by atoms with Gasteiger partial charge in [-0.2, -0.15) is 0 Å². The number of aliphatic carboxylic acids is 1. The van der Waals surface area contributed by atoms with E-state index < -0.39 is 5.97 Å². The van der Waals surface area contributed by atoms with Crippen molar-refractivity contribution in [2.75, 3.05) is 20.7 Å². The number of aromatic nitrogens is 2. The summed E-state index contributed by atoms with van der Waals surface area (Å²) >= 11 is 0. The van der Waals surface area contributed by atoms with Crippen LogP contribution in [0.5, 0.6) is 0 Å². The average Bonchev–Trinajstić information content (AvgIpc) is 3.06. The molecule has 194 valence electrons. The van der Waals surface area contributed by atoms with Crippen LogP contribution in [0, 0.1) is 12.8 Å². The maximum Gasteiger partial charge on any atom is 0.303 e. The van der Waals surface area contributed by atoms with E-state index in [1.807, 2.05) is 44.9 Å². The van der Waals surface area contributed by atoms with Crippen LogP contribution in [-0.2, 0) is 36.2 Å². The van der Waals surface area contributed by atoms with Crippen LogP contribution < -0.4 is 0 Å². The molecule has 0 unspecified atom stereocenters. The fourth-order valence-corrected chi connectivity index (χ4v) is 4.74. The van der Waals surface area contributed by atoms with Crippen molar-refractivity contribution in [1.29, 1.82) is 0 Å². The highest BCUT2D eigenvalue weighted by Crippen LogP contribution is 2.29. The van der Waals surface area contributed by atoms with Crippen molar-refractivity contribution >= 4 is 22.8 Å². The number of nitrogens with zero attached hydrogens (tertiary/aromatic N) is 3. The number of carboxylic acids is 1. The summed E-state index contributed by atoms with van der Waals surface area (Å²) in [4.78, 5) is 31.4. The smallest absolute Gasteiger partial charge is 0.303 e. The van der Waals surface area contributed by atoms with Crippen LogP contribution in [-0.4, -0.2) is 52.0 Å². The number of carbonyl (C=O) groups excluding carboxylic acids is 1. The number of hydrogen-bond acceptors (Lipinski definition) is 5. The topological polar surface area (TPSA) is 84.7 Å². The molecule has 1 aromatic carbocycles. The fraction of sp³-hybridized carbons (Fsp3) is 0.483. The third-order valence-corrected chi connectivity index (χ3v) is 6.34. The van der Waals surface area contributed by atoms with E-state index in [1.165, 1.54) is 11.1 Å². The van der Waals surface area contributed by atoms with Crippen LogP contribution in [0.2, 0.25) is 0 Å². The second kappa shape index (κ2) is 12.8. The molecule has 0 spiro atoms. The standard InChI is InChI=1S/C29H39N3O4/c1-20-9-8-10-22(13-20)19-36-12-7-6-11-25-28(26(33)14-21(2)15-27(34)35)24-16-23(18-31(3)4)17-30-29(24)32(25)5/h8-10,13,16-17,21H,6-7,11-12,14-15,18-19H2,1-5H3,(H,34,35)/t21-/m0/s1. The van der Waals surface area contributed by atoms with Gasteiger partial charge in [0.2, 0.25) is 0 Å². The van der Waals surface area contributed by atoms with E-state index >= 15 is 0 Å². The number of hydrogen-bond donors (Lipinski definition) is 1. The number of carboxylic acid groups (broad SMARTS) is 1. The van der Waals surface area contributed by atoms with Crippen LogP contribution in [0.3, 0.4) is 0 Å². The van der Waals surface area contributed by atoms with Crippen molar-refractivity contribution in [3.63, 3.8) is 0 Å². The molecule has 7 nitrogen and oxygen atoms in total. The van der Waals surface area contributed by atoms with Gasteiger partial charge in [-0.1, -0.05) is 36.8 Å². The lowest BCUT2D eigenvalue weighted by molar-refractivity contribution is -0.137. The summed E-state index contributed by atoms with van der Waals surface area (Å²) < 4.78 is 7.90. The van der Waals surface area contributed by atoms with E-state index in [0.29, 0.717) is 18.8 Å². The molecule has 0 saturated carbocycles. The van der Waals surface area contributed by atoms with E-state index in [4.69, 9.17) is 9.84 Å². The van der Waals surface area contributed by atoms with Gasteiger partial charge in [-0.15, -0.1) is 0 Å². The van der Waals surface area contributed by atoms with Gasteiger partial charge in [0.1, 0.15) is 5.65 Å².